The van der Waals surface area contributed by atoms with Gasteiger partial charge in [-0.05, 0) is 52.4 Å². The molecule has 4 atom stereocenters. The summed E-state index contributed by atoms with van der Waals surface area (Å²) in [5.41, 5.74) is 1.68. The van der Waals surface area contributed by atoms with Crippen LogP contribution in [0.1, 0.15) is 24.3 Å². The molecule has 1 heterocycles. The molecule has 6 nitrogen and oxygen atoms in total. The van der Waals surface area contributed by atoms with Gasteiger partial charge in [0.2, 0.25) is 11.8 Å². The lowest BCUT2D eigenvalue weighted by atomic mass is 9.59. The Balaban J connectivity index is 1.73. The van der Waals surface area contributed by atoms with Crippen molar-refractivity contribution in [3.05, 3.63) is 62.9 Å². The van der Waals surface area contributed by atoms with E-state index in [1.807, 2.05) is 6.08 Å². The molecule has 2 amide bonds. The van der Waals surface area contributed by atoms with Gasteiger partial charge in [-0.1, -0.05) is 17.7 Å². The van der Waals surface area contributed by atoms with E-state index in [0.717, 1.165) is 11.6 Å². The molecule has 2 N–H and O–H groups in total. The van der Waals surface area contributed by atoms with Crippen molar-refractivity contribution in [2.24, 2.45) is 17.8 Å². The summed E-state index contributed by atoms with van der Waals surface area (Å²) >= 11 is 3.13. The summed E-state index contributed by atoms with van der Waals surface area (Å²) in [6, 6.07) is 3.85. The highest BCUT2D eigenvalue weighted by molar-refractivity contribution is 9.12. The summed E-state index contributed by atoms with van der Waals surface area (Å²) in [5, 5.41) is 12.0. The Morgan fingerprint density at radius 1 is 1.10 bits per heavy atom. The number of phenolic OH excluding ortho intramolecular Hbond substituents is 1. The van der Waals surface area contributed by atoms with E-state index < -0.39 is 35.2 Å². The minimum absolute atomic E-state index is 0.133. The first-order valence-electron chi connectivity index (χ1n) is 9.50. The molecule has 1 fully saturated rings. The topological polar surface area (TPSA) is 101 Å². The number of halogens is 2. The molecule has 0 unspecified atom stereocenters. The predicted octanol–water partition coefficient (Wildman–Crippen LogP) is 2.58. The van der Waals surface area contributed by atoms with Crippen LogP contribution < -0.4 is 5.32 Å². The fourth-order valence-corrected chi connectivity index (χ4v) is 5.65. The lowest BCUT2D eigenvalue weighted by molar-refractivity contribution is -0.126. The van der Waals surface area contributed by atoms with Crippen LogP contribution in [-0.2, 0) is 19.2 Å². The van der Waals surface area contributed by atoms with Crippen molar-refractivity contribution in [2.45, 2.75) is 18.8 Å². The molecule has 5 rings (SSSR count). The zero-order valence-electron chi connectivity index (χ0n) is 15.4. The van der Waals surface area contributed by atoms with E-state index in [-0.39, 0.29) is 45.4 Å². The van der Waals surface area contributed by atoms with Crippen molar-refractivity contribution in [1.82, 2.24) is 5.32 Å². The Morgan fingerprint density at radius 3 is 2.60 bits per heavy atom. The van der Waals surface area contributed by atoms with Crippen LogP contribution in [0.3, 0.4) is 0 Å². The molecule has 1 aromatic rings. The van der Waals surface area contributed by atoms with Crippen molar-refractivity contribution < 1.29 is 28.7 Å². The highest BCUT2D eigenvalue weighted by Gasteiger charge is 2.53. The number of carbonyl (C=O) groups excluding carboxylic acids is 4. The number of Topliss-reactive ketones (excluding diaryl/α,β-unsaturated/α-hetero) is 1. The fourth-order valence-electron chi connectivity index (χ4n) is 5.20. The first kappa shape index (κ1) is 19.1. The molecular weight excluding hydrogens is 457 g/mol. The molecule has 3 aliphatic carbocycles. The van der Waals surface area contributed by atoms with Gasteiger partial charge in [-0.15, -0.1) is 0 Å². The third-order valence-electron chi connectivity index (χ3n) is 6.48. The number of nitrogens with one attached hydrogen (secondary N) is 1. The van der Waals surface area contributed by atoms with Gasteiger partial charge in [0.05, 0.1) is 16.3 Å². The second-order valence-electron chi connectivity index (χ2n) is 7.96. The number of fused-ring (bicyclic) bond motifs is 3. The van der Waals surface area contributed by atoms with Crippen molar-refractivity contribution in [3.63, 3.8) is 0 Å². The van der Waals surface area contributed by atoms with E-state index >= 15 is 0 Å². The van der Waals surface area contributed by atoms with Gasteiger partial charge in [-0.2, -0.15) is 0 Å². The van der Waals surface area contributed by atoms with Gasteiger partial charge in [0.15, 0.2) is 23.1 Å². The van der Waals surface area contributed by atoms with Gasteiger partial charge >= 0.3 is 0 Å². The smallest absolute Gasteiger partial charge is 0.231 e. The van der Waals surface area contributed by atoms with E-state index in [0.29, 0.717) is 12.0 Å². The largest absolute Gasteiger partial charge is 0.505 e. The van der Waals surface area contributed by atoms with Crippen LogP contribution in [0.25, 0.3) is 0 Å². The maximum atomic E-state index is 14.2. The average molecular weight is 472 g/mol. The third-order valence-corrected chi connectivity index (χ3v) is 7.07. The number of allylic oxidation sites excluding steroid dienone is 6. The number of ketones is 2. The van der Waals surface area contributed by atoms with Gasteiger partial charge in [0.25, 0.3) is 0 Å². The highest BCUT2D eigenvalue weighted by Crippen LogP contribution is 2.54. The number of hydrogen-bond donors (Lipinski definition) is 2. The average Bonchev–Trinajstić information content (AvgIpc) is 3.00. The number of amides is 2. The molecule has 4 aliphatic rings. The van der Waals surface area contributed by atoms with E-state index in [1.165, 1.54) is 18.2 Å². The second-order valence-corrected chi connectivity index (χ2v) is 8.81. The van der Waals surface area contributed by atoms with Gasteiger partial charge in [0, 0.05) is 23.1 Å². The molecule has 0 aromatic heterocycles. The molecule has 0 radical (unpaired) electrons. The Morgan fingerprint density at radius 2 is 1.87 bits per heavy atom. The first-order chi connectivity index (χ1) is 14.3. The SMILES string of the molecule is O=C1C=C(Br)C(=O)C2=C1[C@@H](c1ccc(O)c(F)c1)C1=CC[C@@H]3C(=O)NC(=O)[C@@H]3[C@@H]1C2. The van der Waals surface area contributed by atoms with Gasteiger partial charge in [-0.25, -0.2) is 4.39 Å². The van der Waals surface area contributed by atoms with Crippen LogP contribution in [0.5, 0.6) is 5.75 Å². The molecule has 0 spiro atoms. The second kappa shape index (κ2) is 6.57. The lowest BCUT2D eigenvalue weighted by Gasteiger charge is -2.42. The molecular formula is C22H15BrFNO5. The Kier molecular flexibility index (Phi) is 4.18. The number of carbonyl (C=O) groups is 4. The molecule has 1 aromatic carbocycles. The van der Waals surface area contributed by atoms with E-state index in [2.05, 4.69) is 21.2 Å². The third kappa shape index (κ3) is 2.59. The lowest BCUT2D eigenvalue weighted by Crippen LogP contribution is -2.39. The van der Waals surface area contributed by atoms with Gasteiger partial charge < -0.3 is 5.11 Å². The summed E-state index contributed by atoms with van der Waals surface area (Å²) in [6.45, 7) is 0. The molecule has 1 saturated heterocycles. The molecule has 1 aliphatic heterocycles. The summed E-state index contributed by atoms with van der Waals surface area (Å²) in [4.78, 5) is 50.5. The van der Waals surface area contributed by atoms with Crippen molar-refractivity contribution >= 4 is 39.3 Å². The number of hydrogen-bond acceptors (Lipinski definition) is 5. The number of benzene rings is 1. The van der Waals surface area contributed by atoms with Crippen molar-refractivity contribution in [2.75, 3.05) is 0 Å². The molecule has 0 saturated carbocycles. The maximum absolute atomic E-state index is 14.2. The van der Waals surface area contributed by atoms with E-state index in [9.17, 15) is 28.7 Å². The van der Waals surface area contributed by atoms with E-state index in [1.54, 1.807) is 0 Å². The number of aromatic hydroxyl groups is 1. The Hall–Kier alpha value is -2.87. The number of imide groups is 1. The monoisotopic (exact) mass is 471 g/mol. The van der Waals surface area contributed by atoms with Crippen LogP contribution in [-0.4, -0.2) is 28.5 Å². The zero-order valence-corrected chi connectivity index (χ0v) is 17.0. The molecule has 30 heavy (non-hydrogen) atoms. The minimum atomic E-state index is -0.842. The quantitative estimate of drug-likeness (QED) is 0.372. The fraction of sp³-hybridized carbons (Fsp3) is 0.273. The van der Waals surface area contributed by atoms with Crippen molar-refractivity contribution in [1.29, 1.82) is 0 Å². The molecule has 0 bridgehead atoms. The number of rotatable bonds is 1. The van der Waals surface area contributed by atoms with Crippen LogP contribution in [0.2, 0.25) is 0 Å². The van der Waals surface area contributed by atoms with Gasteiger partial charge in [0.1, 0.15) is 0 Å². The first-order valence-corrected chi connectivity index (χ1v) is 10.3. The molecule has 152 valence electrons. The summed E-state index contributed by atoms with van der Waals surface area (Å²) < 4.78 is 14.3. The Labute approximate surface area is 178 Å². The normalized spacial score (nSPS) is 30.3. The van der Waals surface area contributed by atoms with Crippen molar-refractivity contribution in [3.8, 4) is 5.75 Å². The summed E-state index contributed by atoms with van der Waals surface area (Å²) in [6.07, 6.45) is 3.54. The highest BCUT2D eigenvalue weighted by atomic mass is 79.9. The van der Waals surface area contributed by atoms with Crippen LogP contribution in [0, 0.1) is 23.6 Å². The predicted molar refractivity (Wildman–Crippen MR) is 106 cm³/mol. The standard InChI is InChI=1S/C22H15BrFNO5/c23-13-7-16(27)19-12(20(13)28)6-11-9(2-3-10-18(11)22(30)25-21(10)29)17(19)8-1-4-15(26)14(24)5-8/h1-2,4-5,7,10-11,17-18,26H,3,6H2,(H,25,29,30)/t10-,11+,17-,18-/m0/s1. The van der Waals surface area contributed by atoms with E-state index in [4.69, 9.17) is 0 Å². The maximum Gasteiger partial charge on any atom is 0.231 e. The van der Waals surface area contributed by atoms with Crippen LogP contribution >= 0.6 is 15.9 Å². The number of phenols is 1. The Bertz CT molecular complexity index is 1160. The van der Waals surface area contributed by atoms with Crippen LogP contribution in [0.15, 0.2) is 51.6 Å². The zero-order chi connectivity index (χ0) is 21.3. The van der Waals surface area contributed by atoms with Crippen LogP contribution in [0.4, 0.5) is 4.39 Å². The molecule has 8 heteroatoms. The van der Waals surface area contributed by atoms with Gasteiger partial charge in [-0.3, -0.25) is 24.5 Å². The summed E-state index contributed by atoms with van der Waals surface area (Å²) in [7, 11) is 0. The summed E-state index contributed by atoms with van der Waals surface area (Å²) in [5.74, 6) is -5.12. The minimum Gasteiger partial charge on any atom is -0.505 e.